The molecular weight excluding hydrogens is 216 g/mol. The molecule has 72 valence electrons. The fraction of sp³-hybridized carbons (Fsp3) is 1.00. The molecule has 0 aromatic rings. The predicted molar refractivity (Wildman–Crippen MR) is 36.3 cm³/mol. The van der Waals surface area contributed by atoms with Crippen LogP contribution in [0, 0.1) is 0 Å². The number of rotatable bonds is 5. The lowest BCUT2D eigenvalue weighted by molar-refractivity contribution is -0.0426. The summed E-state index contributed by atoms with van der Waals surface area (Å²) in [6.07, 6.45) is 0. The second-order valence-electron chi connectivity index (χ2n) is 1.44. The molecule has 0 saturated carbocycles. The summed E-state index contributed by atoms with van der Waals surface area (Å²) in [7, 11) is -5.33. The molecule has 1 unspecified atom stereocenters. The minimum Gasteiger partial charge on any atom is -0.272 e. The molecule has 5 nitrogen and oxygen atoms in total. The summed E-state index contributed by atoms with van der Waals surface area (Å²) in [5.74, 6) is 0. The van der Waals surface area contributed by atoms with Crippen molar-refractivity contribution in [1.82, 2.24) is 0 Å². The Morgan fingerprint density at radius 1 is 1.33 bits per heavy atom. The second-order valence-corrected chi connectivity index (χ2v) is 6.24. The van der Waals surface area contributed by atoms with E-state index in [4.69, 9.17) is 0 Å². The first-order valence-electron chi connectivity index (χ1n) is 2.60. The van der Waals surface area contributed by atoms with Crippen LogP contribution in [0.2, 0.25) is 0 Å². The molecule has 0 aliphatic rings. The maximum atomic E-state index is 11.4. The van der Waals surface area contributed by atoms with Crippen LogP contribution < -0.4 is 0 Å². The second kappa shape index (κ2) is 4.94. The van der Waals surface area contributed by atoms with Gasteiger partial charge in [0.05, 0.1) is 0 Å². The minimum atomic E-state index is -4.02. The van der Waals surface area contributed by atoms with Gasteiger partial charge in [-0.05, 0) is 4.57 Å². The van der Waals surface area contributed by atoms with Crippen LogP contribution in [0.3, 0.4) is 0 Å². The third-order valence-corrected chi connectivity index (χ3v) is 4.96. The average molecular weight is 223 g/mol. The van der Waals surface area contributed by atoms with E-state index in [9.17, 15) is 17.9 Å². The number of alkyl halides is 2. The van der Waals surface area contributed by atoms with Crippen LogP contribution in [-0.4, -0.2) is 20.8 Å². The van der Waals surface area contributed by atoms with Crippen molar-refractivity contribution in [3.05, 3.63) is 0 Å². The molecule has 0 amide bonds. The molecule has 0 aliphatic carbocycles. The summed E-state index contributed by atoms with van der Waals surface area (Å²) in [6.45, 7) is -3.27. The number of halogens is 2. The molecule has 9 heteroatoms. The summed E-state index contributed by atoms with van der Waals surface area (Å²) < 4.78 is 56.3. The molecule has 0 aromatic heterocycles. The van der Waals surface area contributed by atoms with Crippen molar-refractivity contribution in [2.45, 2.75) is 6.61 Å². The van der Waals surface area contributed by atoms with Crippen molar-refractivity contribution in [1.29, 1.82) is 0 Å². The van der Waals surface area contributed by atoms with Crippen LogP contribution in [0.15, 0.2) is 0 Å². The van der Waals surface area contributed by atoms with Gasteiger partial charge in [0.15, 0.2) is 0 Å². The van der Waals surface area contributed by atoms with E-state index >= 15 is 0 Å². The zero-order valence-corrected chi connectivity index (χ0v) is 8.06. The summed E-state index contributed by atoms with van der Waals surface area (Å²) in [4.78, 5) is 0. The SMILES string of the molecule is COP(=O)(OC)[P+](=O)OC(F)F. The van der Waals surface area contributed by atoms with Gasteiger partial charge >= 0.3 is 21.6 Å². The number of hydrogen-bond acceptors (Lipinski definition) is 5. The Bertz CT molecular complexity index is 199. The normalized spacial score (nSPS) is 13.6. The Morgan fingerprint density at radius 2 is 1.75 bits per heavy atom. The van der Waals surface area contributed by atoms with E-state index in [2.05, 4.69) is 13.6 Å². The van der Waals surface area contributed by atoms with Crippen molar-refractivity contribution < 1.29 is 31.5 Å². The Hall–Kier alpha value is 0.0700. The zero-order valence-electron chi connectivity index (χ0n) is 6.27. The zero-order chi connectivity index (χ0) is 9.78. The molecule has 0 spiro atoms. The van der Waals surface area contributed by atoms with Crippen molar-refractivity contribution in [2.24, 2.45) is 0 Å². The van der Waals surface area contributed by atoms with Crippen molar-refractivity contribution >= 4 is 15.0 Å². The highest BCUT2D eigenvalue weighted by Crippen LogP contribution is 2.70. The van der Waals surface area contributed by atoms with Gasteiger partial charge in [0.25, 0.3) is 0 Å². The van der Waals surface area contributed by atoms with E-state index in [0.717, 1.165) is 14.2 Å². The summed E-state index contributed by atoms with van der Waals surface area (Å²) in [5.41, 5.74) is 0. The van der Waals surface area contributed by atoms with Gasteiger partial charge in [-0.2, -0.15) is 8.78 Å². The van der Waals surface area contributed by atoms with Gasteiger partial charge in [-0.15, -0.1) is 0 Å². The fourth-order valence-corrected chi connectivity index (χ4v) is 2.36. The first-order chi connectivity index (χ1) is 5.46. The van der Waals surface area contributed by atoms with Crippen molar-refractivity contribution in [3.63, 3.8) is 0 Å². The average Bonchev–Trinajstić information content (AvgIpc) is 2.02. The molecule has 0 rings (SSSR count). The van der Waals surface area contributed by atoms with Crippen LogP contribution >= 0.6 is 15.0 Å². The minimum absolute atomic E-state index is 0.923. The van der Waals surface area contributed by atoms with Crippen LogP contribution in [0.1, 0.15) is 0 Å². The molecule has 0 heterocycles. The van der Waals surface area contributed by atoms with Gasteiger partial charge in [0, 0.05) is 14.2 Å². The van der Waals surface area contributed by atoms with Gasteiger partial charge in [-0.1, -0.05) is 4.52 Å². The summed E-state index contributed by atoms with van der Waals surface area (Å²) in [6, 6.07) is 0. The molecule has 12 heavy (non-hydrogen) atoms. The van der Waals surface area contributed by atoms with Gasteiger partial charge in [-0.3, -0.25) is 9.05 Å². The van der Waals surface area contributed by atoms with Crippen LogP contribution in [0.25, 0.3) is 0 Å². The van der Waals surface area contributed by atoms with Gasteiger partial charge < -0.3 is 0 Å². The van der Waals surface area contributed by atoms with E-state index in [1.807, 2.05) is 0 Å². The fourth-order valence-electron chi connectivity index (χ4n) is 0.334. The van der Waals surface area contributed by atoms with Crippen LogP contribution in [-0.2, 0) is 22.7 Å². The topological polar surface area (TPSA) is 61.8 Å². The van der Waals surface area contributed by atoms with Gasteiger partial charge in [0.2, 0.25) is 0 Å². The third kappa shape index (κ3) is 3.21. The van der Waals surface area contributed by atoms with Crippen LogP contribution in [0.5, 0.6) is 0 Å². The Balaban J connectivity index is 4.34. The van der Waals surface area contributed by atoms with Crippen molar-refractivity contribution in [3.8, 4) is 0 Å². The number of hydrogen-bond donors (Lipinski definition) is 0. The predicted octanol–water partition coefficient (Wildman–Crippen LogP) is 2.37. The highest BCUT2D eigenvalue weighted by molar-refractivity contribution is 8.21. The maximum absolute atomic E-state index is 11.4. The Morgan fingerprint density at radius 3 is 2.00 bits per heavy atom. The van der Waals surface area contributed by atoms with E-state index in [1.165, 1.54) is 0 Å². The molecule has 0 N–H and O–H groups in total. The van der Waals surface area contributed by atoms with Gasteiger partial charge in [-0.25, -0.2) is 4.57 Å². The largest absolute Gasteiger partial charge is 0.628 e. The lowest BCUT2D eigenvalue weighted by Crippen LogP contribution is -1.92. The third-order valence-electron chi connectivity index (χ3n) is 0.831. The molecule has 0 radical (unpaired) electrons. The highest BCUT2D eigenvalue weighted by Gasteiger charge is 2.51. The van der Waals surface area contributed by atoms with Crippen LogP contribution in [0.4, 0.5) is 8.78 Å². The van der Waals surface area contributed by atoms with Gasteiger partial charge in [0.1, 0.15) is 0 Å². The van der Waals surface area contributed by atoms with E-state index in [0.29, 0.717) is 0 Å². The Labute approximate surface area is 68.3 Å². The molecule has 0 aliphatic heterocycles. The summed E-state index contributed by atoms with van der Waals surface area (Å²) in [5, 5.41) is 0. The van der Waals surface area contributed by atoms with E-state index < -0.39 is 21.6 Å². The standard InChI is InChI=1S/C3H7F2O5P2/c1-8-12(7,9-2)11(6)10-3(4)5/h3H,1-2H3/q+1. The molecule has 0 saturated heterocycles. The monoisotopic (exact) mass is 223 g/mol. The molecule has 0 bridgehead atoms. The highest BCUT2D eigenvalue weighted by atomic mass is 32.1. The maximum Gasteiger partial charge on any atom is 0.628 e. The molecule has 1 atom stereocenters. The van der Waals surface area contributed by atoms with E-state index in [-0.39, 0.29) is 0 Å². The quantitative estimate of drug-likeness (QED) is 0.669. The lowest BCUT2D eigenvalue weighted by atomic mass is 11.5. The smallest absolute Gasteiger partial charge is 0.272 e. The summed E-state index contributed by atoms with van der Waals surface area (Å²) >= 11 is 0. The van der Waals surface area contributed by atoms with E-state index in [1.54, 1.807) is 0 Å². The lowest BCUT2D eigenvalue weighted by Gasteiger charge is -1.99. The molecular formula is C3H7F2O5P2+. The van der Waals surface area contributed by atoms with Crippen molar-refractivity contribution in [2.75, 3.05) is 14.2 Å². The molecule has 0 aromatic carbocycles. The first-order valence-corrected chi connectivity index (χ1v) is 6.03. The Kier molecular flexibility index (Phi) is 4.97. The first kappa shape index (κ1) is 12.1. The molecule has 0 fully saturated rings.